The molecule has 1 aromatic heterocycles. The third-order valence-electron chi connectivity index (χ3n) is 13.1. The van der Waals surface area contributed by atoms with Crippen LogP contribution in [0.15, 0.2) is 78.9 Å². The molecule has 7 rings (SSSR count). The number of amides is 5. The van der Waals surface area contributed by atoms with E-state index in [0.717, 1.165) is 62.5 Å². The van der Waals surface area contributed by atoms with Gasteiger partial charge in [-0.1, -0.05) is 144 Å². The van der Waals surface area contributed by atoms with Crippen LogP contribution in [0.1, 0.15) is 137 Å². The fourth-order valence-corrected chi connectivity index (χ4v) is 9.95. The van der Waals surface area contributed by atoms with Crippen molar-refractivity contribution >= 4 is 56.2 Å². The summed E-state index contributed by atoms with van der Waals surface area (Å²) in [6, 6.07) is 24.8. The molecule has 342 valence electrons. The summed E-state index contributed by atoms with van der Waals surface area (Å²) >= 11 is 1.37. The molecule has 1 aliphatic heterocycles. The van der Waals surface area contributed by atoms with Gasteiger partial charge in [0.15, 0.2) is 5.13 Å². The van der Waals surface area contributed by atoms with Crippen LogP contribution in [-0.4, -0.2) is 83.7 Å². The number of anilines is 1. The summed E-state index contributed by atoms with van der Waals surface area (Å²) in [5.74, 6) is -1.89. The van der Waals surface area contributed by atoms with Crippen molar-refractivity contribution < 1.29 is 24.0 Å². The lowest BCUT2D eigenvalue weighted by Crippen LogP contribution is -2.50. The van der Waals surface area contributed by atoms with E-state index in [0.29, 0.717) is 29.2 Å². The lowest BCUT2D eigenvalue weighted by atomic mass is 9.94. The summed E-state index contributed by atoms with van der Waals surface area (Å²) in [7, 11) is 0. The average Bonchev–Trinajstić information content (AvgIpc) is 4.16. The second kappa shape index (κ2) is 23.1. The molecule has 2 heterocycles. The van der Waals surface area contributed by atoms with Crippen LogP contribution in [0.5, 0.6) is 0 Å². The predicted octanol–water partition coefficient (Wildman–Crippen LogP) is 8.06. The molecule has 64 heavy (non-hydrogen) atoms. The normalized spacial score (nSPS) is 21.5. The summed E-state index contributed by atoms with van der Waals surface area (Å²) in [5.41, 5.74) is 3.50. The van der Waals surface area contributed by atoms with E-state index >= 15 is 0 Å². The lowest BCUT2D eigenvalue weighted by Gasteiger charge is -2.19. The number of unbranched alkanes of at least 4 members (excludes halogenated alkanes) is 9. The molecule has 0 unspecified atom stereocenters. The van der Waals surface area contributed by atoms with Crippen molar-refractivity contribution in [2.24, 2.45) is 11.8 Å². The maximum Gasteiger partial charge on any atom is 0.253 e. The summed E-state index contributed by atoms with van der Waals surface area (Å²) in [4.78, 5) is 74.9. The van der Waals surface area contributed by atoms with Crippen LogP contribution in [-0.2, 0) is 19.2 Å². The van der Waals surface area contributed by atoms with Gasteiger partial charge >= 0.3 is 0 Å². The number of likely N-dealkylation sites (tertiary alicyclic amines) is 1. The fourth-order valence-electron chi connectivity index (χ4n) is 9.04. The SMILES string of the molecule is CCCCCCCCCC(=O)N[C@@H](CNc1nc2ccc(C(=O)N3C[C@@H](C(=O)N[C@H]4C[C@@H]4c4ccccc4)[C@H](C(=O)N[C@H]4C[C@@H]4c4ccccc4)C3)cc2s1)C(=O)NCCCCCC. The van der Waals surface area contributed by atoms with Crippen molar-refractivity contribution in [1.82, 2.24) is 31.2 Å². The number of thiazole rings is 1. The first kappa shape index (κ1) is 46.7. The Bertz CT molecular complexity index is 2110. The molecule has 3 fully saturated rings. The van der Waals surface area contributed by atoms with E-state index in [9.17, 15) is 24.0 Å². The molecular formula is C51H67N7O5S. The molecule has 0 spiro atoms. The number of fused-ring (bicyclic) bond motifs is 1. The molecule has 4 aromatic rings. The van der Waals surface area contributed by atoms with Gasteiger partial charge < -0.3 is 31.5 Å². The minimum absolute atomic E-state index is 0.00261. The zero-order valence-corrected chi connectivity index (χ0v) is 38.4. The van der Waals surface area contributed by atoms with Gasteiger partial charge in [-0.3, -0.25) is 24.0 Å². The van der Waals surface area contributed by atoms with Crippen LogP contribution in [0.3, 0.4) is 0 Å². The van der Waals surface area contributed by atoms with Gasteiger partial charge in [-0.15, -0.1) is 0 Å². The molecule has 5 N–H and O–H groups in total. The van der Waals surface area contributed by atoms with Gasteiger partial charge in [0.1, 0.15) is 6.04 Å². The highest BCUT2D eigenvalue weighted by atomic mass is 32.1. The molecule has 0 bridgehead atoms. The molecule has 2 aliphatic carbocycles. The summed E-state index contributed by atoms with van der Waals surface area (Å²) < 4.78 is 0.775. The van der Waals surface area contributed by atoms with Crippen LogP contribution in [0.4, 0.5) is 5.13 Å². The molecule has 13 heteroatoms. The molecule has 3 aliphatic rings. The van der Waals surface area contributed by atoms with Gasteiger partial charge in [0.2, 0.25) is 23.6 Å². The fraction of sp³-hybridized carbons (Fsp3) is 0.529. The van der Waals surface area contributed by atoms with Crippen molar-refractivity contribution in [3.05, 3.63) is 95.6 Å². The van der Waals surface area contributed by atoms with Crippen LogP contribution in [0.25, 0.3) is 10.2 Å². The molecule has 3 aromatic carbocycles. The summed E-state index contributed by atoms with van der Waals surface area (Å²) in [5, 5.41) is 16.3. The van der Waals surface area contributed by atoms with Crippen LogP contribution in [0.2, 0.25) is 0 Å². The highest BCUT2D eigenvalue weighted by molar-refractivity contribution is 7.22. The van der Waals surface area contributed by atoms with E-state index in [-0.39, 0.29) is 73.1 Å². The highest BCUT2D eigenvalue weighted by Crippen LogP contribution is 2.43. The number of carbonyl (C=O) groups is 5. The summed E-state index contributed by atoms with van der Waals surface area (Å²) in [6.45, 7) is 5.34. The minimum atomic E-state index is -0.772. The maximum absolute atomic E-state index is 14.2. The van der Waals surface area contributed by atoms with Crippen LogP contribution < -0.4 is 26.6 Å². The average molecular weight is 890 g/mol. The zero-order chi connectivity index (χ0) is 44.8. The van der Waals surface area contributed by atoms with E-state index in [2.05, 4.69) is 64.7 Å². The number of benzene rings is 3. The minimum Gasteiger partial charge on any atom is -0.359 e. The van der Waals surface area contributed by atoms with Gasteiger partial charge in [-0.2, -0.15) is 0 Å². The van der Waals surface area contributed by atoms with Gasteiger partial charge in [-0.05, 0) is 55.0 Å². The molecule has 0 radical (unpaired) electrons. The molecule has 1 saturated heterocycles. The number of rotatable bonds is 25. The van der Waals surface area contributed by atoms with Gasteiger partial charge in [-0.25, -0.2) is 4.98 Å². The Balaban J connectivity index is 0.979. The third kappa shape index (κ3) is 12.9. The standard InChI is InChI=1S/C51H67N7O5S/c1-3-5-7-9-10-11-18-24-46(59)54-44(49(62)52-27-19-8-6-4-2)31-53-51-57-41-26-25-36(28-45(41)64-51)50(63)58-32-39(47(60)55-42-29-37(42)34-20-14-12-15-21-34)40(33-58)48(61)56-43-30-38(43)35-22-16-13-17-23-35/h12-17,20-23,25-26,28,37-40,42-44H,3-11,18-19,24,27,29-33H2,1-2H3,(H,52,62)(H,53,57)(H,54,59)(H,55,60)(H,56,61)/t37-,38-,39-,40-,42+,43+,44+/m1/s1. The number of nitrogens with one attached hydrogen (secondary N) is 5. The number of hydrogen-bond acceptors (Lipinski definition) is 8. The Labute approximate surface area is 382 Å². The van der Waals surface area contributed by atoms with Gasteiger partial charge in [0.05, 0.1) is 22.1 Å². The molecular weight excluding hydrogens is 823 g/mol. The quantitative estimate of drug-likeness (QED) is 0.0421. The lowest BCUT2D eigenvalue weighted by molar-refractivity contribution is -0.133. The second-order valence-corrected chi connectivity index (χ2v) is 19.1. The first-order chi connectivity index (χ1) is 31.2. The summed E-state index contributed by atoms with van der Waals surface area (Å²) in [6.07, 6.45) is 14.0. The Kier molecular flexibility index (Phi) is 16.8. The smallest absolute Gasteiger partial charge is 0.253 e. The van der Waals surface area contributed by atoms with Crippen LogP contribution >= 0.6 is 11.3 Å². The van der Waals surface area contributed by atoms with E-state index in [1.54, 1.807) is 23.1 Å². The Hall–Kier alpha value is -5.30. The third-order valence-corrected chi connectivity index (χ3v) is 14.0. The first-order valence-corrected chi connectivity index (χ1v) is 24.8. The Morgan fingerprint density at radius 1 is 0.703 bits per heavy atom. The molecule has 7 atom stereocenters. The van der Waals surface area contributed by atoms with Crippen LogP contribution in [0, 0.1) is 11.8 Å². The predicted molar refractivity (Wildman–Crippen MR) is 254 cm³/mol. The molecule has 5 amide bonds. The van der Waals surface area contributed by atoms with Gasteiger partial charge in [0, 0.05) is 62.1 Å². The Morgan fingerprint density at radius 2 is 1.27 bits per heavy atom. The molecule has 12 nitrogen and oxygen atoms in total. The largest absolute Gasteiger partial charge is 0.359 e. The number of nitrogens with zero attached hydrogens (tertiary/aromatic N) is 2. The highest BCUT2D eigenvalue weighted by Gasteiger charge is 2.49. The topological polar surface area (TPSA) is 162 Å². The number of hydrogen-bond donors (Lipinski definition) is 5. The molecule has 2 saturated carbocycles. The second-order valence-electron chi connectivity index (χ2n) is 18.1. The first-order valence-electron chi connectivity index (χ1n) is 23.9. The van der Waals surface area contributed by atoms with Crippen molar-refractivity contribution in [1.29, 1.82) is 0 Å². The van der Waals surface area contributed by atoms with E-state index in [1.165, 1.54) is 48.1 Å². The van der Waals surface area contributed by atoms with E-state index in [4.69, 9.17) is 4.98 Å². The Morgan fingerprint density at radius 3 is 1.86 bits per heavy atom. The van der Waals surface area contributed by atoms with Crippen molar-refractivity contribution in [2.45, 2.75) is 134 Å². The van der Waals surface area contributed by atoms with Crippen molar-refractivity contribution in [2.75, 3.05) is 31.5 Å². The number of aromatic nitrogens is 1. The van der Waals surface area contributed by atoms with Crippen molar-refractivity contribution in [3.8, 4) is 0 Å². The number of carbonyl (C=O) groups excluding carboxylic acids is 5. The van der Waals surface area contributed by atoms with Crippen molar-refractivity contribution in [3.63, 3.8) is 0 Å². The zero-order valence-electron chi connectivity index (χ0n) is 37.6. The van der Waals surface area contributed by atoms with E-state index < -0.39 is 17.9 Å². The monoisotopic (exact) mass is 889 g/mol. The maximum atomic E-state index is 14.2. The van der Waals surface area contributed by atoms with Gasteiger partial charge in [0.25, 0.3) is 5.91 Å². The van der Waals surface area contributed by atoms with E-state index in [1.807, 2.05) is 36.4 Å².